The van der Waals surface area contributed by atoms with Crippen molar-refractivity contribution in [1.82, 2.24) is 10.6 Å². The molecular formula is C25H24ClF3N2O4. The Morgan fingerprint density at radius 1 is 1.06 bits per heavy atom. The lowest BCUT2D eigenvalue weighted by atomic mass is 9.87. The molecule has 0 heterocycles. The second-order valence-corrected chi connectivity index (χ2v) is 8.53. The van der Waals surface area contributed by atoms with Gasteiger partial charge in [-0.1, -0.05) is 66.2 Å². The van der Waals surface area contributed by atoms with Gasteiger partial charge in [-0.25, -0.2) is 4.79 Å². The van der Waals surface area contributed by atoms with Gasteiger partial charge in [-0.15, -0.1) is 13.2 Å². The molecule has 0 aliphatic heterocycles. The number of amides is 2. The van der Waals surface area contributed by atoms with E-state index in [-0.39, 0.29) is 30.2 Å². The summed E-state index contributed by atoms with van der Waals surface area (Å²) in [6.07, 6.45) is -3.70. The molecule has 10 heteroatoms. The number of methoxy groups -OCH3 is 1. The third-order valence-corrected chi connectivity index (χ3v) is 5.64. The van der Waals surface area contributed by atoms with Gasteiger partial charge in [-0.2, -0.15) is 0 Å². The zero-order valence-corrected chi connectivity index (χ0v) is 19.8. The lowest BCUT2D eigenvalue weighted by Gasteiger charge is -2.35. The van der Waals surface area contributed by atoms with Crippen molar-refractivity contribution in [2.45, 2.75) is 37.7 Å². The molecule has 0 spiro atoms. The van der Waals surface area contributed by atoms with E-state index >= 15 is 0 Å². The molecule has 3 rings (SSSR count). The topological polar surface area (TPSA) is 76.7 Å². The fourth-order valence-electron chi connectivity index (χ4n) is 3.80. The Morgan fingerprint density at radius 2 is 1.69 bits per heavy atom. The third kappa shape index (κ3) is 7.34. The number of ether oxygens (including phenoxy) is 2. The monoisotopic (exact) mass is 508 g/mol. The van der Waals surface area contributed by atoms with Gasteiger partial charge in [0.15, 0.2) is 5.06 Å². The van der Waals surface area contributed by atoms with Crippen molar-refractivity contribution in [1.29, 1.82) is 0 Å². The lowest BCUT2D eigenvalue weighted by molar-refractivity contribution is -0.342. The average Bonchev–Trinajstić information content (AvgIpc) is 2.77. The lowest BCUT2D eigenvalue weighted by Crippen LogP contribution is -2.41. The highest BCUT2D eigenvalue weighted by atomic mass is 35.5. The van der Waals surface area contributed by atoms with E-state index in [2.05, 4.69) is 20.1 Å². The minimum absolute atomic E-state index is 0.136. The number of hydrogen-bond donors (Lipinski definition) is 2. The summed E-state index contributed by atoms with van der Waals surface area (Å²) in [5.41, 5.74) is 2.79. The van der Waals surface area contributed by atoms with Crippen molar-refractivity contribution in [2.75, 3.05) is 7.11 Å². The minimum atomic E-state index is -4.99. The molecule has 1 unspecified atom stereocenters. The van der Waals surface area contributed by atoms with Gasteiger partial charge in [0.2, 0.25) is 0 Å². The van der Waals surface area contributed by atoms with Crippen molar-refractivity contribution >= 4 is 29.2 Å². The van der Waals surface area contributed by atoms with E-state index < -0.39 is 23.9 Å². The number of carbonyl (C=O) groups excluding carboxylic acids is 2. The first-order valence-corrected chi connectivity index (χ1v) is 11.0. The van der Waals surface area contributed by atoms with Crippen molar-refractivity contribution in [2.24, 2.45) is 0 Å². The summed E-state index contributed by atoms with van der Waals surface area (Å²) < 4.78 is 48.7. The van der Waals surface area contributed by atoms with E-state index in [0.29, 0.717) is 11.1 Å². The molecule has 1 aliphatic rings. The predicted molar refractivity (Wildman–Crippen MR) is 125 cm³/mol. The molecule has 0 saturated carbocycles. The van der Waals surface area contributed by atoms with Crippen LogP contribution >= 0.6 is 11.6 Å². The van der Waals surface area contributed by atoms with Crippen LogP contribution in [-0.2, 0) is 27.2 Å². The Hall–Kier alpha value is -3.30. The molecule has 186 valence electrons. The van der Waals surface area contributed by atoms with Crippen LogP contribution in [0.3, 0.4) is 0 Å². The van der Waals surface area contributed by atoms with Crippen molar-refractivity contribution in [3.05, 3.63) is 88.6 Å². The van der Waals surface area contributed by atoms with E-state index in [1.165, 1.54) is 7.11 Å². The molecule has 2 aromatic carbocycles. The molecule has 1 aliphatic carbocycles. The van der Waals surface area contributed by atoms with E-state index in [1.54, 1.807) is 67.6 Å². The molecule has 1 atom stereocenters. The van der Waals surface area contributed by atoms with Crippen LogP contribution in [0.4, 0.5) is 18.0 Å². The van der Waals surface area contributed by atoms with Crippen molar-refractivity contribution in [3.63, 3.8) is 0 Å². The van der Waals surface area contributed by atoms with Gasteiger partial charge < -0.3 is 15.4 Å². The number of rotatable bonds is 7. The largest absolute Gasteiger partial charge is 0.524 e. The smallest absolute Gasteiger partial charge is 0.469 e. The molecule has 0 fully saturated rings. The van der Waals surface area contributed by atoms with Crippen LogP contribution in [0.1, 0.15) is 30.0 Å². The number of esters is 1. The summed E-state index contributed by atoms with van der Waals surface area (Å²) in [5, 5.41) is 2.95. The number of hydrogen-bond acceptors (Lipinski definition) is 4. The molecule has 0 radical (unpaired) electrons. The van der Waals surface area contributed by atoms with E-state index in [1.807, 2.05) is 0 Å². The molecular weight excluding hydrogens is 485 g/mol. The summed E-state index contributed by atoms with van der Waals surface area (Å²) in [6.45, 7) is 1.76. The summed E-state index contributed by atoms with van der Waals surface area (Å²) >= 11 is 6.42. The summed E-state index contributed by atoms with van der Waals surface area (Å²) in [7, 11) is 1.31. The van der Waals surface area contributed by atoms with Crippen molar-refractivity contribution in [3.8, 4) is 0 Å². The second-order valence-electron chi connectivity index (χ2n) is 7.92. The van der Waals surface area contributed by atoms with Crippen LogP contribution in [0.2, 0.25) is 0 Å². The first-order chi connectivity index (χ1) is 16.5. The normalized spacial score (nSPS) is 18.1. The van der Waals surface area contributed by atoms with E-state index in [4.69, 9.17) is 11.6 Å². The molecule has 35 heavy (non-hydrogen) atoms. The first-order valence-electron chi connectivity index (χ1n) is 10.6. The van der Waals surface area contributed by atoms with Gasteiger partial charge in [0.1, 0.15) is 0 Å². The number of benzene rings is 2. The zero-order chi connectivity index (χ0) is 25.6. The zero-order valence-electron chi connectivity index (χ0n) is 19.0. The number of allylic oxidation sites excluding steroid dienone is 2. The number of nitrogens with one attached hydrogen (secondary N) is 2. The SMILES string of the molecule is COC(=O)Cc1ccc(CNC(=O)NC2=CC(C)=C(c3ccccc3)C(Cl)(OC(F)(F)F)C2)cc1. The highest BCUT2D eigenvalue weighted by molar-refractivity contribution is 6.30. The molecule has 0 saturated heterocycles. The molecule has 0 aromatic heterocycles. The van der Waals surface area contributed by atoms with Crippen LogP contribution in [0.5, 0.6) is 0 Å². The fraction of sp³-hybridized carbons (Fsp3) is 0.280. The summed E-state index contributed by atoms with van der Waals surface area (Å²) in [6, 6.07) is 14.8. The van der Waals surface area contributed by atoms with Gasteiger partial charge in [0, 0.05) is 24.2 Å². The average molecular weight is 509 g/mol. The van der Waals surface area contributed by atoms with Gasteiger partial charge in [-0.3, -0.25) is 9.53 Å². The van der Waals surface area contributed by atoms with E-state index in [0.717, 1.165) is 11.1 Å². The number of carbonyl (C=O) groups is 2. The van der Waals surface area contributed by atoms with Crippen LogP contribution in [-0.4, -0.2) is 30.5 Å². The Balaban J connectivity index is 1.71. The van der Waals surface area contributed by atoms with Gasteiger partial charge in [-0.05, 0) is 35.3 Å². The maximum Gasteiger partial charge on any atom is 0.524 e. The maximum absolute atomic E-state index is 13.2. The van der Waals surface area contributed by atoms with E-state index in [9.17, 15) is 22.8 Å². The Bertz CT molecular complexity index is 1130. The first kappa shape index (κ1) is 26.3. The number of halogens is 4. The van der Waals surface area contributed by atoms with Crippen LogP contribution in [0.15, 0.2) is 71.9 Å². The van der Waals surface area contributed by atoms with Gasteiger partial charge >= 0.3 is 18.4 Å². The highest BCUT2D eigenvalue weighted by Crippen LogP contribution is 2.47. The van der Waals surface area contributed by atoms with Gasteiger partial charge in [0.05, 0.1) is 13.5 Å². The van der Waals surface area contributed by atoms with Crippen LogP contribution < -0.4 is 10.6 Å². The van der Waals surface area contributed by atoms with Gasteiger partial charge in [0.25, 0.3) is 0 Å². The number of alkyl halides is 4. The Morgan fingerprint density at radius 3 is 2.29 bits per heavy atom. The quantitative estimate of drug-likeness (QED) is 0.386. The second kappa shape index (κ2) is 11.0. The van der Waals surface area contributed by atoms with Crippen LogP contribution in [0, 0.1) is 0 Å². The Labute approximate surface area is 205 Å². The Kier molecular flexibility index (Phi) is 8.24. The minimum Gasteiger partial charge on any atom is -0.469 e. The summed E-state index contributed by atoms with van der Waals surface area (Å²) in [5.74, 6) is -0.361. The molecule has 6 nitrogen and oxygen atoms in total. The summed E-state index contributed by atoms with van der Waals surface area (Å²) in [4.78, 5) is 23.8. The van der Waals surface area contributed by atoms with Crippen LogP contribution in [0.25, 0.3) is 5.57 Å². The molecule has 2 aromatic rings. The standard InChI is InChI=1S/C25H24ClF3N2O4/c1-16-12-20(14-24(26,35-25(27,28)29)22(16)19-6-4-3-5-7-19)31-23(33)30-15-18-10-8-17(9-11-18)13-21(32)34-2/h3-12H,13-15H2,1-2H3,(H2,30,31,33). The van der Waals surface area contributed by atoms with Crippen molar-refractivity contribution < 1.29 is 32.2 Å². The number of urea groups is 1. The predicted octanol–water partition coefficient (Wildman–Crippen LogP) is 5.43. The molecule has 2 amide bonds. The highest BCUT2D eigenvalue weighted by Gasteiger charge is 2.48. The fourth-order valence-corrected chi connectivity index (χ4v) is 4.29. The third-order valence-electron chi connectivity index (χ3n) is 5.24. The molecule has 0 bridgehead atoms. The molecule has 2 N–H and O–H groups in total. The maximum atomic E-state index is 13.2.